The summed E-state index contributed by atoms with van der Waals surface area (Å²) >= 11 is 3.68. The van der Waals surface area contributed by atoms with Crippen molar-refractivity contribution >= 4 is 21.6 Å². The van der Waals surface area contributed by atoms with E-state index in [1.165, 1.54) is 33.3 Å². The second-order valence-electron chi connectivity index (χ2n) is 5.66. The summed E-state index contributed by atoms with van der Waals surface area (Å²) in [5, 5.41) is 3.68. The first-order valence-corrected chi connectivity index (χ1v) is 8.14. The van der Waals surface area contributed by atoms with Gasteiger partial charge in [0.25, 0.3) is 0 Å². The number of nitrogens with one attached hydrogen (secondary N) is 1. The molecule has 0 bridgehead atoms. The highest BCUT2D eigenvalue weighted by Crippen LogP contribution is 2.30. The van der Waals surface area contributed by atoms with Gasteiger partial charge in [0.05, 0.1) is 7.11 Å². The molecule has 110 valence electrons. The van der Waals surface area contributed by atoms with Gasteiger partial charge in [0.2, 0.25) is 0 Å². The maximum Gasteiger partial charge on any atom is 0.119 e. The van der Waals surface area contributed by atoms with Crippen molar-refractivity contribution < 1.29 is 4.74 Å². The van der Waals surface area contributed by atoms with Gasteiger partial charge in [-0.05, 0) is 77.0 Å². The molecule has 1 aliphatic carbocycles. The van der Waals surface area contributed by atoms with Crippen LogP contribution in [0.1, 0.15) is 23.1 Å². The molecule has 2 aromatic rings. The van der Waals surface area contributed by atoms with Gasteiger partial charge in [-0.2, -0.15) is 0 Å². The zero-order valence-electron chi connectivity index (χ0n) is 12.4. The van der Waals surface area contributed by atoms with E-state index >= 15 is 0 Å². The Balaban J connectivity index is 1.78. The number of methoxy groups -OCH3 is 1. The maximum absolute atomic E-state index is 5.34. The maximum atomic E-state index is 5.34. The fraction of sp³-hybridized carbons (Fsp3) is 0.333. The van der Waals surface area contributed by atoms with E-state index < -0.39 is 0 Å². The Morgan fingerprint density at radius 1 is 1.19 bits per heavy atom. The Morgan fingerprint density at radius 3 is 2.86 bits per heavy atom. The molecular weight excluding hydrogens is 326 g/mol. The van der Waals surface area contributed by atoms with Crippen molar-refractivity contribution in [2.45, 2.75) is 32.2 Å². The van der Waals surface area contributed by atoms with Gasteiger partial charge in [0.1, 0.15) is 5.75 Å². The smallest absolute Gasteiger partial charge is 0.119 e. The van der Waals surface area contributed by atoms with E-state index in [0.29, 0.717) is 6.04 Å². The van der Waals surface area contributed by atoms with E-state index in [9.17, 15) is 0 Å². The number of hydrogen-bond donors (Lipinski definition) is 1. The lowest BCUT2D eigenvalue weighted by molar-refractivity contribution is 0.413. The van der Waals surface area contributed by atoms with Crippen LogP contribution in [-0.2, 0) is 12.8 Å². The molecule has 1 atom stereocenters. The van der Waals surface area contributed by atoms with Crippen LogP contribution in [0.2, 0.25) is 0 Å². The Kier molecular flexibility index (Phi) is 4.20. The molecule has 2 aromatic carbocycles. The number of halogens is 1. The Morgan fingerprint density at radius 2 is 2.05 bits per heavy atom. The molecule has 21 heavy (non-hydrogen) atoms. The van der Waals surface area contributed by atoms with Crippen molar-refractivity contribution in [3.8, 4) is 5.75 Å². The fourth-order valence-corrected chi connectivity index (χ4v) is 3.34. The van der Waals surface area contributed by atoms with Gasteiger partial charge < -0.3 is 10.1 Å². The monoisotopic (exact) mass is 345 g/mol. The predicted octanol–water partition coefficient (Wildman–Crippen LogP) is 4.74. The van der Waals surface area contributed by atoms with E-state index in [2.05, 4.69) is 64.6 Å². The topological polar surface area (TPSA) is 21.3 Å². The summed E-state index contributed by atoms with van der Waals surface area (Å²) in [6, 6.07) is 13.3. The van der Waals surface area contributed by atoms with Crippen LogP contribution in [0.3, 0.4) is 0 Å². The second kappa shape index (κ2) is 6.10. The molecule has 1 N–H and O–H groups in total. The fourth-order valence-electron chi connectivity index (χ4n) is 2.96. The molecule has 0 amide bonds. The summed E-state index contributed by atoms with van der Waals surface area (Å²) in [5.41, 5.74) is 5.31. The van der Waals surface area contributed by atoms with Gasteiger partial charge in [-0.25, -0.2) is 0 Å². The molecule has 0 aromatic heterocycles. The zero-order valence-corrected chi connectivity index (χ0v) is 14.0. The van der Waals surface area contributed by atoms with E-state index in [-0.39, 0.29) is 0 Å². The molecule has 2 nitrogen and oxygen atoms in total. The summed E-state index contributed by atoms with van der Waals surface area (Å²) in [7, 11) is 1.73. The predicted molar refractivity (Wildman–Crippen MR) is 91.3 cm³/mol. The Labute approximate surface area is 134 Å². The summed E-state index contributed by atoms with van der Waals surface area (Å²) in [4.78, 5) is 0. The quantitative estimate of drug-likeness (QED) is 0.867. The minimum Gasteiger partial charge on any atom is -0.497 e. The first-order valence-electron chi connectivity index (χ1n) is 7.35. The summed E-state index contributed by atoms with van der Waals surface area (Å²) in [6.07, 6.45) is 3.34. The van der Waals surface area contributed by atoms with Crippen molar-refractivity contribution in [3.63, 3.8) is 0 Å². The van der Waals surface area contributed by atoms with Crippen LogP contribution in [0, 0.1) is 6.92 Å². The highest BCUT2D eigenvalue weighted by atomic mass is 79.9. The molecule has 3 rings (SSSR count). The molecular formula is C18H20BrNO. The number of rotatable bonds is 3. The van der Waals surface area contributed by atoms with E-state index in [1.54, 1.807) is 7.11 Å². The molecule has 0 fully saturated rings. The zero-order chi connectivity index (χ0) is 14.8. The highest BCUT2D eigenvalue weighted by Gasteiger charge is 2.19. The van der Waals surface area contributed by atoms with Crippen LogP contribution in [0.15, 0.2) is 40.9 Å². The van der Waals surface area contributed by atoms with Gasteiger partial charge in [0, 0.05) is 16.2 Å². The number of benzene rings is 2. The molecule has 0 spiro atoms. The average Bonchev–Trinajstić information content (AvgIpc) is 2.51. The lowest BCUT2D eigenvalue weighted by Crippen LogP contribution is -2.27. The summed E-state index contributed by atoms with van der Waals surface area (Å²) < 4.78 is 6.51. The molecule has 0 heterocycles. The third-order valence-electron chi connectivity index (χ3n) is 4.19. The van der Waals surface area contributed by atoms with Crippen LogP contribution in [0.4, 0.5) is 5.69 Å². The van der Waals surface area contributed by atoms with Crippen molar-refractivity contribution in [1.29, 1.82) is 0 Å². The van der Waals surface area contributed by atoms with Crippen molar-refractivity contribution in [2.75, 3.05) is 12.4 Å². The summed E-state index contributed by atoms with van der Waals surface area (Å²) in [6.45, 7) is 2.12. The first kappa shape index (κ1) is 14.5. The molecule has 0 aliphatic heterocycles. The second-order valence-corrected chi connectivity index (χ2v) is 6.45. The van der Waals surface area contributed by atoms with Crippen molar-refractivity contribution in [3.05, 3.63) is 57.6 Å². The van der Waals surface area contributed by atoms with E-state index in [0.717, 1.165) is 18.6 Å². The first-order chi connectivity index (χ1) is 10.2. The van der Waals surface area contributed by atoms with Gasteiger partial charge in [-0.15, -0.1) is 0 Å². The number of anilines is 1. The molecule has 1 aliphatic rings. The number of aryl methyl sites for hydroxylation is 2. The van der Waals surface area contributed by atoms with Crippen LogP contribution < -0.4 is 10.1 Å². The molecule has 0 radical (unpaired) electrons. The van der Waals surface area contributed by atoms with Gasteiger partial charge in [-0.3, -0.25) is 0 Å². The Hall–Kier alpha value is -1.48. The summed E-state index contributed by atoms with van der Waals surface area (Å²) in [5.74, 6) is 0.950. The lowest BCUT2D eigenvalue weighted by atomic mass is 9.88. The highest BCUT2D eigenvalue weighted by molar-refractivity contribution is 9.10. The van der Waals surface area contributed by atoms with Crippen LogP contribution in [-0.4, -0.2) is 13.2 Å². The standard InChI is InChI=1S/C18H20BrNO/c1-12-4-3-5-17(18(12)19)20-15-8-6-13-7-9-16(21-2)11-14(13)10-15/h3-5,7,9,11,15,20H,6,8,10H2,1-2H3. The van der Waals surface area contributed by atoms with Crippen molar-refractivity contribution in [1.82, 2.24) is 0 Å². The largest absolute Gasteiger partial charge is 0.497 e. The van der Waals surface area contributed by atoms with Crippen LogP contribution in [0.5, 0.6) is 5.75 Å². The van der Waals surface area contributed by atoms with Crippen LogP contribution in [0.25, 0.3) is 0 Å². The van der Waals surface area contributed by atoms with E-state index in [1.807, 2.05) is 0 Å². The van der Waals surface area contributed by atoms with Gasteiger partial charge in [-0.1, -0.05) is 18.2 Å². The van der Waals surface area contributed by atoms with Crippen LogP contribution >= 0.6 is 15.9 Å². The third kappa shape index (κ3) is 3.08. The molecule has 1 unspecified atom stereocenters. The molecule has 0 saturated carbocycles. The average molecular weight is 346 g/mol. The van der Waals surface area contributed by atoms with E-state index in [4.69, 9.17) is 4.74 Å². The number of ether oxygens (including phenoxy) is 1. The number of hydrogen-bond acceptors (Lipinski definition) is 2. The minimum atomic E-state index is 0.475. The van der Waals surface area contributed by atoms with Gasteiger partial charge in [0.15, 0.2) is 0 Å². The molecule has 0 saturated heterocycles. The lowest BCUT2D eigenvalue weighted by Gasteiger charge is -2.27. The van der Waals surface area contributed by atoms with Crippen molar-refractivity contribution in [2.24, 2.45) is 0 Å². The Bertz CT molecular complexity index is 654. The third-order valence-corrected chi connectivity index (χ3v) is 5.25. The van der Waals surface area contributed by atoms with Gasteiger partial charge >= 0.3 is 0 Å². The number of fused-ring (bicyclic) bond motifs is 1. The normalized spacial score (nSPS) is 17.2. The minimum absolute atomic E-state index is 0.475. The molecule has 3 heteroatoms. The SMILES string of the molecule is COc1ccc2c(c1)CC(Nc1cccc(C)c1Br)CC2.